The van der Waals surface area contributed by atoms with Crippen LogP contribution in [-0.2, 0) is 11.2 Å². The molecule has 1 atom stereocenters. The molecule has 1 N–H and O–H groups in total. The molecule has 0 spiro atoms. The first-order valence-electron chi connectivity index (χ1n) is 5.12. The van der Waals surface area contributed by atoms with Crippen LogP contribution in [0.15, 0.2) is 9.27 Å². The highest BCUT2D eigenvalue weighted by Crippen LogP contribution is 2.26. The molecule has 1 aromatic heterocycles. The maximum atomic E-state index is 11.6. The lowest BCUT2D eigenvalue weighted by molar-refractivity contribution is 0.104. The SMILES string of the molecule is CCc1nc(C2CCCO2)[nH]c(=O)c1Br. The average Bonchev–Trinajstić information content (AvgIpc) is 2.75. The lowest BCUT2D eigenvalue weighted by Crippen LogP contribution is -2.17. The number of nitrogens with one attached hydrogen (secondary N) is 1. The second kappa shape index (κ2) is 4.45. The summed E-state index contributed by atoms with van der Waals surface area (Å²) in [6, 6.07) is 0. The number of rotatable bonds is 2. The summed E-state index contributed by atoms with van der Waals surface area (Å²) >= 11 is 3.24. The molecule has 15 heavy (non-hydrogen) atoms. The van der Waals surface area contributed by atoms with Crippen molar-refractivity contribution in [1.82, 2.24) is 9.97 Å². The molecule has 0 aromatic carbocycles. The van der Waals surface area contributed by atoms with Gasteiger partial charge in [0.05, 0.1) is 5.69 Å². The molecule has 2 heterocycles. The van der Waals surface area contributed by atoms with Crippen molar-refractivity contribution in [2.45, 2.75) is 32.3 Å². The van der Waals surface area contributed by atoms with Gasteiger partial charge in [-0.2, -0.15) is 0 Å². The summed E-state index contributed by atoms with van der Waals surface area (Å²) in [4.78, 5) is 18.7. The number of hydrogen-bond acceptors (Lipinski definition) is 3. The predicted octanol–water partition coefficient (Wildman–Crippen LogP) is 1.95. The molecule has 4 nitrogen and oxygen atoms in total. The number of halogens is 1. The van der Waals surface area contributed by atoms with Crippen LogP contribution in [0.4, 0.5) is 0 Å². The van der Waals surface area contributed by atoms with Gasteiger partial charge in [-0.1, -0.05) is 6.92 Å². The van der Waals surface area contributed by atoms with Gasteiger partial charge in [-0.15, -0.1) is 0 Å². The van der Waals surface area contributed by atoms with Crippen LogP contribution in [0.1, 0.15) is 37.4 Å². The van der Waals surface area contributed by atoms with E-state index in [9.17, 15) is 4.79 Å². The van der Waals surface area contributed by atoms with Gasteiger partial charge in [0, 0.05) is 6.61 Å². The lowest BCUT2D eigenvalue weighted by Gasteiger charge is -2.10. The summed E-state index contributed by atoms with van der Waals surface area (Å²) < 4.78 is 6.02. The van der Waals surface area contributed by atoms with Crippen molar-refractivity contribution in [2.75, 3.05) is 6.61 Å². The molecule has 1 fully saturated rings. The molecule has 1 aromatic rings. The Kier molecular flexibility index (Phi) is 3.21. The van der Waals surface area contributed by atoms with Crippen molar-refractivity contribution in [3.63, 3.8) is 0 Å². The third-order valence-corrected chi connectivity index (χ3v) is 3.34. The molecule has 0 radical (unpaired) electrons. The van der Waals surface area contributed by atoms with E-state index in [2.05, 4.69) is 25.9 Å². The zero-order chi connectivity index (χ0) is 10.8. The van der Waals surface area contributed by atoms with Crippen LogP contribution in [0, 0.1) is 0 Å². The van der Waals surface area contributed by atoms with Gasteiger partial charge in [-0.05, 0) is 35.2 Å². The highest BCUT2D eigenvalue weighted by atomic mass is 79.9. The fourth-order valence-corrected chi connectivity index (χ4v) is 2.17. The van der Waals surface area contributed by atoms with E-state index in [0.29, 0.717) is 10.3 Å². The average molecular weight is 273 g/mol. The van der Waals surface area contributed by atoms with Crippen LogP contribution < -0.4 is 5.56 Å². The second-order valence-corrected chi connectivity index (χ2v) is 4.36. The van der Waals surface area contributed by atoms with Gasteiger partial charge in [0.1, 0.15) is 16.4 Å². The number of H-pyrrole nitrogens is 1. The number of aromatic amines is 1. The van der Waals surface area contributed by atoms with E-state index in [4.69, 9.17) is 4.74 Å². The normalized spacial score (nSPS) is 20.8. The largest absolute Gasteiger partial charge is 0.370 e. The van der Waals surface area contributed by atoms with E-state index in [0.717, 1.165) is 31.6 Å². The van der Waals surface area contributed by atoms with Crippen molar-refractivity contribution in [3.05, 3.63) is 26.3 Å². The van der Waals surface area contributed by atoms with Crippen molar-refractivity contribution in [3.8, 4) is 0 Å². The number of aromatic nitrogens is 2. The summed E-state index contributed by atoms with van der Waals surface area (Å²) in [7, 11) is 0. The Hall–Kier alpha value is -0.680. The van der Waals surface area contributed by atoms with E-state index in [1.165, 1.54) is 0 Å². The van der Waals surface area contributed by atoms with Gasteiger partial charge in [-0.3, -0.25) is 4.79 Å². The van der Waals surface area contributed by atoms with Crippen LogP contribution in [0.5, 0.6) is 0 Å². The maximum Gasteiger partial charge on any atom is 0.265 e. The first kappa shape index (κ1) is 10.8. The molecule has 0 aliphatic carbocycles. The molecule has 1 unspecified atom stereocenters. The van der Waals surface area contributed by atoms with Crippen LogP contribution in [0.3, 0.4) is 0 Å². The monoisotopic (exact) mass is 272 g/mol. The molecule has 0 amide bonds. The van der Waals surface area contributed by atoms with Crippen LogP contribution in [-0.4, -0.2) is 16.6 Å². The van der Waals surface area contributed by atoms with Gasteiger partial charge < -0.3 is 9.72 Å². The topological polar surface area (TPSA) is 55.0 Å². The molecular formula is C10H13BrN2O2. The van der Waals surface area contributed by atoms with Crippen molar-refractivity contribution in [1.29, 1.82) is 0 Å². The Balaban J connectivity index is 2.40. The molecular weight excluding hydrogens is 260 g/mol. The summed E-state index contributed by atoms with van der Waals surface area (Å²) in [6.45, 7) is 2.73. The zero-order valence-corrected chi connectivity index (χ0v) is 10.1. The minimum absolute atomic E-state index is 0.0314. The fraction of sp³-hybridized carbons (Fsp3) is 0.600. The summed E-state index contributed by atoms with van der Waals surface area (Å²) in [6.07, 6.45) is 2.68. The lowest BCUT2D eigenvalue weighted by atomic mass is 10.2. The highest BCUT2D eigenvalue weighted by Gasteiger charge is 2.21. The Morgan fingerprint density at radius 3 is 3.07 bits per heavy atom. The zero-order valence-electron chi connectivity index (χ0n) is 8.55. The summed E-state index contributed by atoms with van der Waals surface area (Å²) in [5, 5.41) is 0. The van der Waals surface area contributed by atoms with E-state index in [1.807, 2.05) is 6.92 Å². The minimum Gasteiger partial charge on any atom is -0.370 e. The van der Waals surface area contributed by atoms with Gasteiger partial charge >= 0.3 is 0 Å². The first-order chi connectivity index (χ1) is 7.22. The van der Waals surface area contributed by atoms with Gasteiger partial charge in [0.25, 0.3) is 5.56 Å². The quantitative estimate of drug-likeness (QED) is 0.896. The molecule has 1 saturated heterocycles. The minimum atomic E-state index is -0.118. The predicted molar refractivity (Wildman–Crippen MR) is 59.9 cm³/mol. The standard InChI is InChI=1S/C10H13BrN2O2/c1-2-6-8(11)10(14)13-9(12-6)7-4-3-5-15-7/h7H,2-5H2,1H3,(H,12,13,14). The van der Waals surface area contributed by atoms with Crippen molar-refractivity contribution >= 4 is 15.9 Å². The molecule has 1 aliphatic heterocycles. The maximum absolute atomic E-state index is 11.6. The summed E-state index contributed by atoms with van der Waals surface area (Å²) in [5.74, 6) is 0.664. The van der Waals surface area contributed by atoms with Gasteiger partial charge in [0.15, 0.2) is 0 Å². The highest BCUT2D eigenvalue weighted by molar-refractivity contribution is 9.10. The summed E-state index contributed by atoms with van der Waals surface area (Å²) in [5.41, 5.74) is 0.677. The third kappa shape index (κ3) is 2.13. The number of ether oxygens (including phenoxy) is 1. The van der Waals surface area contributed by atoms with Crippen molar-refractivity contribution < 1.29 is 4.74 Å². The van der Waals surface area contributed by atoms with E-state index in [-0.39, 0.29) is 11.7 Å². The smallest absolute Gasteiger partial charge is 0.265 e. The molecule has 0 bridgehead atoms. The Morgan fingerprint density at radius 2 is 2.47 bits per heavy atom. The molecule has 1 aliphatic rings. The van der Waals surface area contributed by atoms with E-state index < -0.39 is 0 Å². The van der Waals surface area contributed by atoms with Gasteiger partial charge in [0.2, 0.25) is 0 Å². The van der Waals surface area contributed by atoms with Crippen LogP contribution in [0.25, 0.3) is 0 Å². The van der Waals surface area contributed by atoms with Crippen LogP contribution >= 0.6 is 15.9 Å². The number of aryl methyl sites for hydroxylation is 1. The molecule has 82 valence electrons. The fourth-order valence-electron chi connectivity index (χ4n) is 1.70. The number of nitrogens with zero attached hydrogens (tertiary/aromatic N) is 1. The Labute approximate surface area is 96.2 Å². The first-order valence-corrected chi connectivity index (χ1v) is 5.92. The third-order valence-electron chi connectivity index (χ3n) is 2.52. The molecule has 0 saturated carbocycles. The van der Waals surface area contributed by atoms with E-state index in [1.54, 1.807) is 0 Å². The van der Waals surface area contributed by atoms with E-state index >= 15 is 0 Å². The molecule has 2 rings (SSSR count). The molecule has 5 heteroatoms. The second-order valence-electron chi connectivity index (χ2n) is 3.57. The number of hydrogen-bond donors (Lipinski definition) is 1. The van der Waals surface area contributed by atoms with Crippen LogP contribution in [0.2, 0.25) is 0 Å². The van der Waals surface area contributed by atoms with Gasteiger partial charge in [-0.25, -0.2) is 4.98 Å². The van der Waals surface area contributed by atoms with Crippen molar-refractivity contribution in [2.24, 2.45) is 0 Å². The Bertz CT molecular complexity index is 410. The Morgan fingerprint density at radius 1 is 1.67 bits per heavy atom.